The zero-order valence-corrected chi connectivity index (χ0v) is 11.1. The monoisotopic (exact) mass is 280 g/mol. The standard InChI is InChI=1S/C12H13BrN2O/c1-7-6-8-10(16-3)5-4-9(13)11(8)15-12(7)14-2/h4-6H,1-3H3,(H,14,15). The third kappa shape index (κ3) is 1.73. The Morgan fingerprint density at radius 3 is 2.75 bits per heavy atom. The highest BCUT2D eigenvalue weighted by Crippen LogP contribution is 2.32. The fourth-order valence-electron chi connectivity index (χ4n) is 1.73. The summed E-state index contributed by atoms with van der Waals surface area (Å²) >= 11 is 3.50. The number of anilines is 1. The molecule has 1 heterocycles. The number of methoxy groups -OCH3 is 1. The lowest BCUT2D eigenvalue weighted by molar-refractivity contribution is 0.419. The molecular weight excluding hydrogens is 268 g/mol. The fraction of sp³-hybridized carbons (Fsp3) is 0.250. The van der Waals surface area contributed by atoms with Crippen LogP contribution in [-0.4, -0.2) is 19.1 Å². The normalized spacial score (nSPS) is 10.5. The molecule has 3 nitrogen and oxygen atoms in total. The number of pyridine rings is 1. The maximum absolute atomic E-state index is 5.33. The van der Waals surface area contributed by atoms with Crippen LogP contribution in [0.2, 0.25) is 0 Å². The number of aryl methyl sites for hydroxylation is 1. The van der Waals surface area contributed by atoms with E-state index in [4.69, 9.17) is 4.74 Å². The molecule has 84 valence electrons. The van der Waals surface area contributed by atoms with Crippen LogP contribution in [0.5, 0.6) is 5.75 Å². The van der Waals surface area contributed by atoms with Crippen LogP contribution >= 0.6 is 15.9 Å². The molecule has 0 saturated carbocycles. The van der Waals surface area contributed by atoms with E-state index in [9.17, 15) is 0 Å². The minimum absolute atomic E-state index is 0.844. The van der Waals surface area contributed by atoms with E-state index in [1.54, 1.807) is 7.11 Å². The van der Waals surface area contributed by atoms with Crippen LogP contribution in [0.15, 0.2) is 22.7 Å². The van der Waals surface area contributed by atoms with Gasteiger partial charge in [-0.05, 0) is 46.6 Å². The second-order valence-electron chi connectivity index (χ2n) is 3.55. The molecule has 1 aromatic carbocycles. The van der Waals surface area contributed by atoms with Crippen molar-refractivity contribution in [3.05, 3.63) is 28.2 Å². The number of benzene rings is 1. The number of aromatic nitrogens is 1. The molecule has 0 aliphatic carbocycles. The van der Waals surface area contributed by atoms with E-state index in [0.717, 1.165) is 32.5 Å². The number of halogens is 1. The van der Waals surface area contributed by atoms with Crippen LogP contribution < -0.4 is 10.1 Å². The lowest BCUT2D eigenvalue weighted by Gasteiger charge is -2.10. The largest absolute Gasteiger partial charge is 0.496 e. The van der Waals surface area contributed by atoms with Gasteiger partial charge in [0.05, 0.1) is 12.6 Å². The van der Waals surface area contributed by atoms with Gasteiger partial charge in [-0.1, -0.05) is 0 Å². The van der Waals surface area contributed by atoms with Gasteiger partial charge in [-0.3, -0.25) is 0 Å². The van der Waals surface area contributed by atoms with Gasteiger partial charge in [0, 0.05) is 16.9 Å². The summed E-state index contributed by atoms with van der Waals surface area (Å²) in [6, 6.07) is 5.97. The summed E-state index contributed by atoms with van der Waals surface area (Å²) in [6.07, 6.45) is 0. The first-order valence-corrected chi connectivity index (χ1v) is 5.78. The molecule has 0 aliphatic heterocycles. The van der Waals surface area contributed by atoms with E-state index in [1.165, 1.54) is 0 Å². The quantitative estimate of drug-likeness (QED) is 0.916. The SMILES string of the molecule is CNc1nc2c(Br)ccc(OC)c2cc1C. The number of nitrogens with one attached hydrogen (secondary N) is 1. The Bertz CT molecular complexity index is 540. The van der Waals surface area contributed by atoms with Crippen LogP contribution in [0.25, 0.3) is 10.9 Å². The minimum atomic E-state index is 0.844. The van der Waals surface area contributed by atoms with E-state index in [0.29, 0.717) is 0 Å². The topological polar surface area (TPSA) is 34.2 Å². The zero-order chi connectivity index (χ0) is 11.7. The molecule has 2 aromatic rings. The van der Waals surface area contributed by atoms with Gasteiger partial charge in [-0.15, -0.1) is 0 Å². The van der Waals surface area contributed by atoms with Crippen molar-refractivity contribution >= 4 is 32.7 Å². The predicted molar refractivity (Wildman–Crippen MR) is 70.3 cm³/mol. The van der Waals surface area contributed by atoms with Crippen molar-refractivity contribution < 1.29 is 4.74 Å². The third-order valence-corrected chi connectivity index (χ3v) is 3.18. The molecule has 0 atom stereocenters. The van der Waals surface area contributed by atoms with Crippen molar-refractivity contribution in [3.8, 4) is 5.75 Å². The Labute approximate surface area is 103 Å². The highest BCUT2D eigenvalue weighted by Gasteiger charge is 2.09. The molecule has 0 unspecified atom stereocenters. The smallest absolute Gasteiger partial charge is 0.129 e. The summed E-state index contributed by atoms with van der Waals surface area (Å²) in [5, 5.41) is 4.10. The van der Waals surface area contributed by atoms with E-state index in [1.807, 2.05) is 26.1 Å². The Morgan fingerprint density at radius 2 is 2.12 bits per heavy atom. The maximum Gasteiger partial charge on any atom is 0.129 e. The first-order valence-electron chi connectivity index (χ1n) is 4.99. The van der Waals surface area contributed by atoms with Crippen LogP contribution in [0.4, 0.5) is 5.82 Å². The van der Waals surface area contributed by atoms with Crippen molar-refractivity contribution in [1.29, 1.82) is 0 Å². The molecule has 0 saturated heterocycles. The average Bonchev–Trinajstić information content (AvgIpc) is 2.29. The first-order chi connectivity index (χ1) is 7.67. The van der Waals surface area contributed by atoms with Crippen molar-refractivity contribution in [2.45, 2.75) is 6.92 Å². The number of hydrogen-bond acceptors (Lipinski definition) is 3. The Hall–Kier alpha value is -1.29. The summed E-state index contributed by atoms with van der Waals surface area (Å²) in [5.74, 6) is 1.73. The van der Waals surface area contributed by atoms with Gasteiger partial charge >= 0.3 is 0 Å². The molecule has 1 aromatic heterocycles. The van der Waals surface area contributed by atoms with E-state index in [-0.39, 0.29) is 0 Å². The van der Waals surface area contributed by atoms with E-state index >= 15 is 0 Å². The van der Waals surface area contributed by atoms with Crippen molar-refractivity contribution in [1.82, 2.24) is 4.98 Å². The predicted octanol–water partition coefficient (Wildman–Crippen LogP) is 3.36. The van der Waals surface area contributed by atoms with Gasteiger partial charge in [-0.2, -0.15) is 0 Å². The second kappa shape index (κ2) is 4.29. The lowest BCUT2D eigenvalue weighted by atomic mass is 10.1. The number of ether oxygens (including phenoxy) is 1. The van der Waals surface area contributed by atoms with Crippen LogP contribution in [-0.2, 0) is 0 Å². The molecule has 0 aliphatic rings. The van der Waals surface area contributed by atoms with Crippen molar-refractivity contribution in [2.24, 2.45) is 0 Å². The molecule has 0 radical (unpaired) electrons. The van der Waals surface area contributed by atoms with Crippen molar-refractivity contribution in [2.75, 3.05) is 19.5 Å². The highest BCUT2D eigenvalue weighted by atomic mass is 79.9. The average molecular weight is 281 g/mol. The number of nitrogens with zero attached hydrogens (tertiary/aromatic N) is 1. The fourth-order valence-corrected chi connectivity index (χ4v) is 2.17. The lowest BCUT2D eigenvalue weighted by Crippen LogP contribution is -1.97. The Kier molecular flexibility index (Phi) is 3.01. The zero-order valence-electron chi connectivity index (χ0n) is 9.47. The molecule has 16 heavy (non-hydrogen) atoms. The number of fused-ring (bicyclic) bond motifs is 1. The summed E-state index contributed by atoms with van der Waals surface area (Å²) in [6.45, 7) is 2.03. The Balaban J connectivity index is 2.82. The number of rotatable bonds is 2. The maximum atomic E-state index is 5.33. The molecule has 0 fully saturated rings. The second-order valence-corrected chi connectivity index (χ2v) is 4.40. The summed E-state index contributed by atoms with van der Waals surface area (Å²) in [4.78, 5) is 4.56. The molecule has 0 spiro atoms. The summed E-state index contributed by atoms with van der Waals surface area (Å²) in [7, 11) is 3.54. The Morgan fingerprint density at radius 1 is 1.38 bits per heavy atom. The summed E-state index contributed by atoms with van der Waals surface area (Å²) < 4.78 is 6.30. The molecule has 0 amide bonds. The molecule has 2 rings (SSSR count). The molecule has 4 heteroatoms. The van der Waals surface area contributed by atoms with Gasteiger partial charge in [-0.25, -0.2) is 4.98 Å². The minimum Gasteiger partial charge on any atom is -0.496 e. The van der Waals surface area contributed by atoms with Crippen LogP contribution in [0.1, 0.15) is 5.56 Å². The van der Waals surface area contributed by atoms with Gasteiger partial charge < -0.3 is 10.1 Å². The van der Waals surface area contributed by atoms with Gasteiger partial charge in [0.2, 0.25) is 0 Å². The van der Waals surface area contributed by atoms with Crippen molar-refractivity contribution in [3.63, 3.8) is 0 Å². The highest BCUT2D eigenvalue weighted by molar-refractivity contribution is 9.10. The van der Waals surface area contributed by atoms with Gasteiger partial charge in [0.25, 0.3) is 0 Å². The van der Waals surface area contributed by atoms with E-state index in [2.05, 4.69) is 32.3 Å². The number of hydrogen-bond donors (Lipinski definition) is 1. The third-order valence-electron chi connectivity index (χ3n) is 2.54. The summed E-state index contributed by atoms with van der Waals surface area (Å²) in [5.41, 5.74) is 2.01. The van der Waals surface area contributed by atoms with E-state index < -0.39 is 0 Å². The van der Waals surface area contributed by atoms with Gasteiger partial charge in [0.1, 0.15) is 11.6 Å². The molecule has 0 bridgehead atoms. The first kappa shape index (κ1) is 11.2. The molecular formula is C12H13BrN2O. The van der Waals surface area contributed by atoms with Crippen LogP contribution in [0, 0.1) is 6.92 Å². The van der Waals surface area contributed by atoms with Gasteiger partial charge in [0.15, 0.2) is 0 Å². The van der Waals surface area contributed by atoms with Crippen LogP contribution in [0.3, 0.4) is 0 Å². The molecule has 1 N–H and O–H groups in total.